The van der Waals surface area contributed by atoms with E-state index in [4.69, 9.17) is 4.42 Å². The first-order valence-electron chi connectivity index (χ1n) is 5.49. The van der Waals surface area contributed by atoms with Gasteiger partial charge in [0, 0.05) is 31.6 Å². The highest BCUT2D eigenvalue weighted by Gasteiger charge is 2.19. The highest BCUT2D eigenvalue weighted by molar-refractivity contribution is 9.10. The average Bonchev–Trinajstić information content (AvgIpc) is 2.69. The molecule has 1 aromatic heterocycles. The number of benzene rings is 1. The largest absolute Gasteiger partial charge is 0.439 e. The minimum Gasteiger partial charge on any atom is -0.439 e. The molecule has 1 N–H and O–H groups in total. The van der Waals surface area contributed by atoms with Crippen molar-refractivity contribution in [1.29, 1.82) is 0 Å². The van der Waals surface area contributed by atoms with Gasteiger partial charge in [-0.05, 0) is 28.1 Å². The van der Waals surface area contributed by atoms with E-state index in [0.29, 0.717) is 0 Å². The summed E-state index contributed by atoms with van der Waals surface area (Å²) in [6.07, 6.45) is 0. The van der Waals surface area contributed by atoms with Gasteiger partial charge in [0.05, 0.1) is 4.47 Å². The van der Waals surface area contributed by atoms with Gasteiger partial charge in [0.25, 0.3) is 0 Å². The predicted octanol–water partition coefficient (Wildman–Crippen LogP) is 2.60. The molecule has 0 bridgehead atoms. The first-order chi connectivity index (χ1) is 7.86. The summed E-state index contributed by atoms with van der Waals surface area (Å²) in [7, 11) is 0. The van der Waals surface area contributed by atoms with Crippen LogP contribution in [0, 0.1) is 0 Å². The van der Waals surface area contributed by atoms with Gasteiger partial charge in [-0.25, -0.2) is 0 Å². The summed E-state index contributed by atoms with van der Waals surface area (Å²) in [4.78, 5) is 2.28. The third-order valence-electron chi connectivity index (χ3n) is 2.92. The number of nitrogens with one attached hydrogen (secondary N) is 1. The van der Waals surface area contributed by atoms with E-state index >= 15 is 0 Å². The van der Waals surface area contributed by atoms with Gasteiger partial charge in [-0.15, -0.1) is 0 Å². The number of furan rings is 1. The van der Waals surface area contributed by atoms with Crippen molar-refractivity contribution in [3.05, 3.63) is 28.7 Å². The van der Waals surface area contributed by atoms with Crippen molar-refractivity contribution in [2.24, 2.45) is 0 Å². The molecule has 0 spiro atoms. The molecule has 0 amide bonds. The Hall–Kier alpha value is -1.00. The highest BCUT2D eigenvalue weighted by Crippen LogP contribution is 2.36. The lowest BCUT2D eigenvalue weighted by Crippen LogP contribution is -2.43. The molecule has 1 saturated heterocycles. The maximum Gasteiger partial charge on any atom is 0.211 e. The standard InChI is InChI=1S/C12H13BrN2O/c13-11-9-3-1-2-4-10(9)16-12(11)15-7-5-14-6-8-15/h1-4,14H,5-8H2. The molecule has 1 fully saturated rings. The van der Waals surface area contributed by atoms with E-state index in [0.717, 1.165) is 47.5 Å². The van der Waals surface area contributed by atoms with E-state index < -0.39 is 0 Å². The Kier molecular flexibility index (Phi) is 2.61. The fourth-order valence-corrected chi connectivity index (χ4v) is 2.73. The van der Waals surface area contributed by atoms with Crippen LogP contribution in [0.4, 0.5) is 5.88 Å². The van der Waals surface area contributed by atoms with Gasteiger partial charge in [-0.1, -0.05) is 12.1 Å². The summed E-state index contributed by atoms with van der Waals surface area (Å²) in [6.45, 7) is 4.03. The van der Waals surface area contributed by atoms with Crippen LogP contribution in [0.25, 0.3) is 11.0 Å². The number of nitrogens with zero attached hydrogens (tertiary/aromatic N) is 1. The number of halogens is 1. The van der Waals surface area contributed by atoms with E-state index in [1.54, 1.807) is 0 Å². The lowest BCUT2D eigenvalue weighted by atomic mass is 10.2. The van der Waals surface area contributed by atoms with Crippen molar-refractivity contribution in [2.45, 2.75) is 0 Å². The van der Waals surface area contributed by atoms with Gasteiger partial charge in [-0.2, -0.15) is 0 Å². The Morgan fingerprint density at radius 1 is 1.19 bits per heavy atom. The van der Waals surface area contributed by atoms with Crippen LogP contribution in [-0.4, -0.2) is 26.2 Å². The third kappa shape index (κ3) is 1.62. The summed E-state index contributed by atoms with van der Waals surface area (Å²) in [5, 5.41) is 4.49. The van der Waals surface area contributed by atoms with Crippen LogP contribution in [0.15, 0.2) is 33.2 Å². The third-order valence-corrected chi connectivity index (χ3v) is 3.69. The zero-order valence-corrected chi connectivity index (χ0v) is 10.5. The van der Waals surface area contributed by atoms with Crippen LogP contribution in [0.5, 0.6) is 0 Å². The summed E-state index contributed by atoms with van der Waals surface area (Å²) in [5.74, 6) is 0.961. The number of para-hydroxylation sites is 1. The number of rotatable bonds is 1. The van der Waals surface area contributed by atoms with Crippen LogP contribution >= 0.6 is 15.9 Å². The summed E-state index contributed by atoms with van der Waals surface area (Å²) in [5.41, 5.74) is 0.947. The lowest BCUT2D eigenvalue weighted by molar-refractivity contribution is 0.526. The van der Waals surface area contributed by atoms with Gasteiger partial charge < -0.3 is 14.6 Å². The maximum atomic E-state index is 5.89. The smallest absolute Gasteiger partial charge is 0.211 e. The van der Waals surface area contributed by atoms with E-state index in [1.165, 1.54) is 0 Å². The molecule has 1 aliphatic rings. The molecule has 0 radical (unpaired) electrons. The maximum absolute atomic E-state index is 5.89. The second-order valence-corrected chi connectivity index (χ2v) is 4.75. The second-order valence-electron chi connectivity index (χ2n) is 3.95. The number of hydrogen-bond donors (Lipinski definition) is 1. The molecule has 0 atom stereocenters. The second kappa shape index (κ2) is 4.11. The van der Waals surface area contributed by atoms with Crippen LogP contribution < -0.4 is 10.2 Å². The van der Waals surface area contributed by atoms with Gasteiger partial charge in [-0.3, -0.25) is 0 Å². The van der Waals surface area contributed by atoms with Gasteiger partial charge in [0.2, 0.25) is 5.88 Å². The Labute approximate surface area is 103 Å². The molecule has 1 aliphatic heterocycles. The molecular weight excluding hydrogens is 268 g/mol. The molecule has 3 nitrogen and oxygen atoms in total. The molecule has 0 saturated carbocycles. The lowest BCUT2D eigenvalue weighted by Gasteiger charge is -2.27. The Bertz CT molecular complexity index is 503. The quantitative estimate of drug-likeness (QED) is 0.871. The zero-order valence-electron chi connectivity index (χ0n) is 8.87. The fraction of sp³-hybridized carbons (Fsp3) is 0.333. The normalized spacial score (nSPS) is 16.9. The Balaban J connectivity index is 2.05. The van der Waals surface area contributed by atoms with Crippen molar-refractivity contribution < 1.29 is 4.42 Å². The average molecular weight is 281 g/mol. The molecule has 2 heterocycles. The zero-order chi connectivity index (χ0) is 11.0. The summed E-state index contributed by atoms with van der Waals surface area (Å²) < 4.78 is 6.96. The Morgan fingerprint density at radius 2 is 1.94 bits per heavy atom. The van der Waals surface area contributed by atoms with E-state index in [-0.39, 0.29) is 0 Å². The number of anilines is 1. The molecule has 0 aliphatic carbocycles. The first-order valence-corrected chi connectivity index (χ1v) is 6.28. The van der Waals surface area contributed by atoms with E-state index in [9.17, 15) is 0 Å². The van der Waals surface area contributed by atoms with Crippen LogP contribution in [0.2, 0.25) is 0 Å². The SMILES string of the molecule is Brc1c(N2CCNCC2)oc2ccccc12. The van der Waals surface area contributed by atoms with Crippen molar-refractivity contribution in [2.75, 3.05) is 31.1 Å². The van der Waals surface area contributed by atoms with Crippen LogP contribution in [-0.2, 0) is 0 Å². The van der Waals surface area contributed by atoms with Crippen LogP contribution in [0.3, 0.4) is 0 Å². The predicted molar refractivity (Wildman–Crippen MR) is 69.0 cm³/mol. The van der Waals surface area contributed by atoms with E-state index in [2.05, 4.69) is 32.2 Å². The molecule has 2 aromatic rings. The van der Waals surface area contributed by atoms with Gasteiger partial charge in [0.1, 0.15) is 5.58 Å². The minimum atomic E-state index is 0.947. The van der Waals surface area contributed by atoms with Gasteiger partial charge >= 0.3 is 0 Å². The first kappa shape index (κ1) is 10.2. The van der Waals surface area contributed by atoms with Crippen LogP contribution in [0.1, 0.15) is 0 Å². The minimum absolute atomic E-state index is 0.947. The van der Waals surface area contributed by atoms with Crippen molar-refractivity contribution >= 4 is 32.8 Å². The topological polar surface area (TPSA) is 28.4 Å². The van der Waals surface area contributed by atoms with Crippen molar-refractivity contribution in [3.63, 3.8) is 0 Å². The highest BCUT2D eigenvalue weighted by atomic mass is 79.9. The van der Waals surface area contributed by atoms with Crippen molar-refractivity contribution in [1.82, 2.24) is 5.32 Å². The Morgan fingerprint density at radius 3 is 2.69 bits per heavy atom. The van der Waals surface area contributed by atoms with Crippen molar-refractivity contribution in [3.8, 4) is 0 Å². The summed E-state index contributed by atoms with van der Waals surface area (Å²) >= 11 is 3.63. The molecule has 84 valence electrons. The number of fused-ring (bicyclic) bond motifs is 1. The molecule has 3 rings (SSSR count). The molecular formula is C12H13BrN2O. The number of hydrogen-bond acceptors (Lipinski definition) is 3. The van der Waals surface area contributed by atoms with Gasteiger partial charge in [0.15, 0.2) is 0 Å². The fourth-order valence-electron chi connectivity index (χ4n) is 2.07. The monoisotopic (exact) mass is 280 g/mol. The summed E-state index contributed by atoms with van der Waals surface area (Å²) in [6, 6.07) is 8.12. The molecule has 16 heavy (non-hydrogen) atoms. The molecule has 0 unspecified atom stereocenters. The molecule has 4 heteroatoms. The molecule has 1 aromatic carbocycles. The number of piperazine rings is 1. The van der Waals surface area contributed by atoms with E-state index in [1.807, 2.05) is 18.2 Å².